The molecule has 1 saturated heterocycles. The molecule has 0 spiro atoms. The van der Waals surface area contributed by atoms with E-state index in [0.717, 1.165) is 38.5 Å². The van der Waals surface area contributed by atoms with Crippen LogP contribution in [0.5, 0.6) is 0 Å². The molecule has 6 unspecified atom stereocenters. The van der Waals surface area contributed by atoms with Crippen LogP contribution in [0.2, 0.25) is 0 Å². The zero-order valence-corrected chi connectivity index (χ0v) is 48.1. The van der Waals surface area contributed by atoms with Crippen molar-refractivity contribution in [3.63, 3.8) is 0 Å². The molecule has 4 N–H and O–H groups in total. The van der Waals surface area contributed by atoms with E-state index in [-0.39, 0.29) is 19.4 Å². The number of hydrogen-bond acceptors (Lipinski definition) is 11. The van der Waals surface area contributed by atoms with Gasteiger partial charge in [-0.2, -0.15) is 8.42 Å². The van der Waals surface area contributed by atoms with Gasteiger partial charge in [-0.3, -0.25) is 14.1 Å². The minimum absolute atomic E-state index is 0.174. The number of aliphatic hydroxyl groups excluding tert-OH is 3. The van der Waals surface area contributed by atoms with Crippen molar-refractivity contribution >= 4 is 22.1 Å². The van der Waals surface area contributed by atoms with E-state index >= 15 is 0 Å². The molecule has 1 aliphatic rings. The zero-order valence-electron chi connectivity index (χ0n) is 47.3. The van der Waals surface area contributed by atoms with Crippen molar-refractivity contribution in [2.75, 3.05) is 19.0 Å². The van der Waals surface area contributed by atoms with Gasteiger partial charge in [-0.25, -0.2) is 0 Å². The number of unbranched alkanes of at least 4 members (excludes halogenated alkanes) is 43. The summed E-state index contributed by atoms with van der Waals surface area (Å²) in [6.45, 7) is 3.85. The summed E-state index contributed by atoms with van der Waals surface area (Å²) in [7, 11) is -4.60. The van der Waals surface area contributed by atoms with Gasteiger partial charge in [0.1, 0.15) is 36.8 Å². The summed E-state index contributed by atoms with van der Waals surface area (Å²) in [5.74, 6) is -1.95. The Labute approximate surface area is 448 Å². The zero-order chi connectivity index (χ0) is 53.3. The van der Waals surface area contributed by atoms with Crippen LogP contribution < -0.4 is 0 Å². The van der Waals surface area contributed by atoms with E-state index in [0.29, 0.717) is 12.8 Å². The van der Waals surface area contributed by atoms with Crippen molar-refractivity contribution in [2.45, 2.75) is 352 Å². The van der Waals surface area contributed by atoms with Crippen LogP contribution in [-0.2, 0) is 38.7 Å². The summed E-state index contributed by atoms with van der Waals surface area (Å²) in [6, 6.07) is 0. The van der Waals surface area contributed by atoms with E-state index < -0.39 is 71.2 Å². The largest absolute Gasteiger partial charge is 0.462 e. The molecule has 1 rings (SSSR count). The van der Waals surface area contributed by atoms with Crippen LogP contribution in [0, 0.1) is 0 Å². The Morgan fingerprint density at radius 2 is 0.699 bits per heavy atom. The Morgan fingerprint density at radius 1 is 0.411 bits per heavy atom. The number of hydrogen-bond donors (Lipinski definition) is 4. The first-order valence-electron chi connectivity index (χ1n) is 31.1. The Kier molecular flexibility index (Phi) is 47.9. The third kappa shape index (κ3) is 44.3. The number of ether oxygens (including phenoxy) is 4. The lowest BCUT2D eigenvalue weighted by molar-refractivity contribution is -0.297. The van der Waals surface area contributed by atoms with Crippen LogP contribution in [0.3, 0.4) is 0 Å². The molecule has 0 aromatic heterocycles. The predicted molar refractivity (Wildman–Crippen MR) is 298 cm³/mol. The summed E-state index contributed by atoms with van der Waals surface area (Å²) in [6.07, 6.45) is 48.7. The van der Waals surface area contributed by atoms with Gasteiger partial charge in [0.25, 0.3) is 10.1 Å². The van der Waals surface area contributed by atoms with Crippen molar-refractivity contribution in [2.24, 2.45) is 0 Å². The maximum atomic E-state index is 12.9. The number of esters is 2. The first-order valence-corrected chi connectivity index (χ1v) is 32.7. The molecular weight excluding hydrogens is 945 g/mol. The van der Waals surface area contributed by atoms with Crippen LogP contribution >= 0.6 is 0 Å². The Hall–Kier alpha value is -1.35. The van der Waals surface area contributed by atoms with Gasteiger partial charge in [0.05, 0.1) is 6.61 Å². The average molecular weight is 1060 g/mol. The average Bonchev–Trinajstić information content (AvgIpc) is 3.36. The van der Waals surface area contributed by atoms with Gasteiger partial charge < -0.3 is 34.3 Å². The maximum Gasteiger partial charge on any atom is 0.306 e. The van der Waals surface area contributed by atoms with Crippen LogP contribution in [0.4, 0.5) is 0 Å². The highest BCUT2D eigenvalue weighted by Gasteiger charge is 2.46. The highest BCUT2D eigenvalue weighted by Crippen LogP contribution is 2.24. The molecule has 1 heterocycles. The molecule has 0 bridgehead atoms. The summed E-state index contributed by atoms with van der Waals surface area (Å²) < 4.78 is 54.5. The van der Waals surface area contributed by atoms with Gasteiger partial charge >= 0.3 is 11.9 Å². The van der Waals surface area contributed by atoms with Crippen molar-refractivity contribution in [3.05, 3.63) is 0 Å². The van der Waals surface area contributed by atoms with Crippen LogP contribution in [-0.4, -0.2) is 96.0 Å². The Bertz CT molecular complexity index is 1330. The first-order chi connectivity index (χ1) is 35.5. The van der Waals surface area contributed by atoms with E-state index in [9.17, 15) is 37.9 Å². The molecule has 0 aromatic rings. The Morgan fingerprint density at radius 3 is 1.00 bits per heavy atom. The van der Waals surface area contributed by atoms with Crippen LogP contribution in [0.1, 0.15) is 316 Å². The first kappa shape index (κ1) is 69.7. The molecular formula is C60H116O12S. The number of carbonyl (C=O) groups excluding carboxylic acids is 2. The smallest absolute Gasteiger partial charge is 0.306 e. The lowest BCUT2D eigenvalue weighted by Crippen LogP contribution is -2.60. The van der Waals surface area contributed by atoms with E-state index in [4.69, 9.17) is 18.9 Å². The maximum absolute atomic E-state index is 12.9. The van der Waals surface area contributed by atoms with E-state index in [2.05, 4.69) is 13.8 Å². The summed E-state index contributed by atoms with van der Waals surface area (Å²) >= 11 is 0. The molecule has 0 saturated carbocycles. The SMILES string of the molecule is CCCCCCCCCCCCCCCCCCCCCCCCCCC(=O)OC(COC(=O)CCCCCCCCCCCCCCCCCCCCCCC)COC1OC(CS(=O)(=O)O)C(O)C(O)C1O. The molecule has 0 aromatic carbocycles. The predicted octanol–water partition coefficient (Wildman–Crippen LogP) is 15.5. The van der Waals surface area contributed by atoms with E-state index in [1.165, 1.54) is 238 Å². The Balaban J connectivity index is 2.25. The molecule has 12 nitrogen and oxygen atoms in total. The molecule has 1 fully saturated rings. The molecule has 0 amide bonds. The van der Waals surface area contributed by atoms with Crippen molar-refractivity contribution in [3.8, 4) is 0 Å². The van der Waals surface area contributed by atoms with Gasteiger partial charge in [0.15, 0.2) is 12.4 Å². The monoisotopic (exact) mass is 1060 g/mol. The number of rotatable bonds is 55. The normalized spacial score (nSPS) is 18.6. The molecule has 0 aliphatic carbocycles. The summed E-state index contributed by atoms with van der Waals surface area (Å²) in [5.41, 5.74) is 0. The fourth-order valence-electron chi connectivity index (χ4n) is 10.2. The lowest BCUT2D eigenvalue weighted by atomic mass is 10.00. The third-order valence-corrected chi connectivity index (χ3v) is 15.7. The summed E-state index contributed by atoms with van der Waals surface area (Å²) in [5, 5.41) is 31.1. The molecule has 434 valence electrons. The third-order valence-electron chi connectivity index (χ3n) is 14.9. The fraction of sp³-hybridized carbons (Fsp3) is 0.967. The van der Waals surface area contributed by atoms with Gasteiger partial charge in [-0.05, 0) is 12.8 Å². The quantitative estimate of drug-likeness (QED) is 0.0257. The van der Waals surface area contributed by atoms with E-state index in [1.54, 1.807) is 0 Å². The minimum atomic E-state index is -4.60. The van der Waals surface area contributed by atoms with Crippen molar-refractivity contribution in [1.29, 1.82) is 0 Å². The second-order valence-electron chi connectivity index (χ2n) is 22.1. The topological polar surface area (TPSA) is 186 Å². The molecule has 0 radical (unpaired) electrons. The molecule has 73 heavy (non-hydrogen) atoms. The molecule has 6 atom stereocenters. The van der Waals surface area contributed by atoms with Gasteiger partial charge in [-0.1, -0.05) is 290 Å². The fourth-order valence-corrected chi connectivity index (χ4v) is 10.8. The van der Waals surface area contributed by atoms with Gasteiger partial charge in [0, 0.05) is 12.8 Å². The number of carbonyl (C=O) groups is 2. The van der Waals surface area contributed by atoms with Gasteiger partial charge in [-0.15, -0.1) is 0 Å². The van der Waals surface area contributed by atoms with Crippen molar-refractivity contribution < 1.29 is 56.8 Å². The highest BCUT2D eigenvalue weighted by atomic mass is 32.2. The highest BCUT2D eigenvalue weighted by molar-refractivity contribution is 7.85. The molecule has 13 heteroatoms. The second kappa shape index (κ2) is 50.2. The van der Waals surface area contributed by atoms with Crippen molar-refractivity contribution in [1.82, 2.24) is 0 Å². The van der Waals surface area contributed by atoms with Crippen LogP contribution in [0.25, 0.3) is 0 Å². The van der Waals surface area contributed by atoms with E-state index in [1.807, 2.05) is 0 Å². The molecule has 1 aliphatic heterocycles. The lowest BCUT2D eigenvalue weighted by Gasteiger charge is -2.40. The number of aliphatic hydroxyl groups is 3. The van der Waals surface area contributed by atoms with Crippen LogP contribution in [0.15, 0.2) is 0 Å². The minimum Gasteiger partial charge on any atom is -0.462 e. The van der Waals surface area contributed by atoms with Gasteiger partial charge in [0.2, 0.25) is 0 Å². The second-order valence-corrected chi connectivity index (χ2v) is 23.6. The summed E-state index contributed by atoms with van der Waals surface area (Å²) in [4.78, 5) is 25.7. The standard InChI is InChI=1S/C60H116O12S/c1-3-5-7-9-11-13-15-17-19-21-23-25-26-27-29-31-33-35-37-39-41-43-45-47-49-56(62)71-53(51-70-60-59(65)58(64)57(63)54(72-60)52-73(66,67)68)50-69-55(61)48-46-44-42-40-38-36-34-32-30-28-24-22-20-18-16-14-12-10-8-6-4-2/h53-54,57-60,63-65H,3-52H2,1-2H3,(H,66,67,68).